The molecule has 1 heterocycles. The molecule has 0 aromatic carbocycles. The van der Waals surface area contributed by atoms with Crippen LogP contribution in [0.3, 0.4) is 0 Å². The zero-order chi connectivity index (χ0) is 11.4. The van der Waals surface area contributed by atoms with Crippen molar-refractivity contribution in [1.82, 2.24) is 5.32 Å². The maximum absolute atomic E-state index is 11.0. The summed E-state index contributed by atoms with van der Waals surface area (Å²) in [5, 5.41) is 14.2. The van der Waals surface area contributed by atoms with E-state index in [0.717, 1.165) is 0 Å². The Morgan fingerprint density at radius 2 is 2.13 bits per heavy atom. The third-order valence-electron chi connectivity index (χ3n) is 2.33. The van der Waals surface area contributed by atoms with Gasteiger partial charge in [-0.3, -0.25) is 10.1 Å². The highest BCUT2D eigenvalue weighted by Gasteiger charge is 2.23. The molecule has 0 aliphatic carbocycles. The molecule has 3 nitrogen and oxygen atoms in total. The number of thiophene rings is 1. The minimum absolute atomic E-state index is 0.0879. The van der Waals surface area contributed by atoms with E-state index in [1.807, 2.05) is 38.3 Å². The van der Waals surface area contributed by atoms with E-state index < -0.39 is 12.0 Å². The summed E-state index contributed by atoms with van der Waals surface area (Å²) in [7, 11) is 0. The molecule has 15 heavy (non-hydrogen) atoms. The first-order valence-electron chi connectivity index (χ1n) is 5.04. The van der Waals surface area contributed by atoms with Gasteiger partial charge in [-0.2, -0.15) is 0 Å². The van der Waals surface area contributed by atoms with Crippen molar-refractivity contribution < 1.29 is 9.90 Å². The molecule has 0 aliphatic rings. The van der Waals surface area contributed by atoms with Crippen molar-refractivity contribution >= 4 is 17.3 Å². The SMILES string of the molecule is CC(NC(C(=O)O)C(C)C)c1cccs1. The first-order valence-corrected chi connectivity index (χ1v) is 5.92. The quantitative estimate of drug-likeness (QED) is 0.812. The number of nitrogens with one attached hydrogen (secondary N) is 1. The molecule has 0 saturated carbocycles. The second kappa shape index (κ2) is 5.28. The largest absolute Gasteiger partial charge is 0.480 e. The lowest BCUT2D eigenvalue weighted by molar-refractivity contribution is -0.140. The van der Waals surface area contributed by atoms with Crippen molar-refractivity contribution in [2.75, 3.05) is 0 Å². The summed E-state index contributed by atoms with van der Waals surface area (Å²) in [5.74, 6) is -0.696. The second-order valence-corrected chi connectivity index (χ2v) is 4.94. The van der Waals surface area contributed by atoms with Gasteiger partial charge in [0.05, 0.1) is 0 Å². The summed E-state index contributed by atoms with van der Waals surface area (Å²) in [6, 6.07) is 3.60. The summed E-state index contributed by atoms with van der Waals surface area (Å²) in [5.41, 5.74) is 0. The Labute approximate surface area is 94.1 Å². The highest BCUT2D eigenvalue weighted by atomic mass is 32.1. The Morgan fingerprint density at radius 3 is 2.53 bits per heavy atom. The molecule has 2 atom stereocenters. The molecule has 2 unspecified atom stereocenters. The summed E-state index contributed by atoms with van der Waals surface area (Å²) < 4.78 is 0. The molecule has 2 N–H and O–H groups in total. The van der Waals surface area contributed by atoms with E-state index in [1.54, 1.807) is 11.3 Å². The van der Waals surface area contributed by atoms with Crippen LogP contribution < -0.4 is 5.32 Å². The van der Waals surface area contributed by atoms with Crippen LogP contribution in [0.15, 0.2) is 17.5 Å². The molecule has 0 radical (unpaired) electrons. The van der Waals surface area contributed by atoms with Gasteiger partial charge in [0.2, 0.25) is 0 Å². The van der Waals surface area contributed by atoms with Gasteiger partial charge >= 0.3 is 5.97 Å². The van der Waals surface area contributed by atoms with E-state index in [2.05, 4.69) is 5.32 Å². The number of rotatable bonds is 5. The molecule has 0 aliphatic heterocycles. The fourth-order valence-electron chi connectivity index (χ4n) is 1.44. The highest BCUT2D eigenvalue weighted by Crippen LogP contribution is 2.19. The van der Waals surface area contributed by atoms with Crippen molar-refractivity contribution in [2.24, 2.45) is 5.92 Å². The van der Waals surface area contributed by atoms with Crippen LogP contribution in [0.25, 0.3) is 0 Å². The van der Waals surface area contributed by atoms with Crippen molar-refractivity contribution in [2.45, 2.75) is 32.9 Å². The van der Waals surface area contributed by atoms with Crippen LogP contribution in [0.2, 0.25) is 0 Å². The van der Waals surface area contributed by atoms with Gasteiger partial charge in [-0.05, 0) is 24.3 Å². The Morgan fingerprint density at radius 1 is 1.47 bits per heavy atom. The smallest absolute Gasteiger partial charge is 0.320 e. The second-order valence-electron chi connectivity index (χ2n) is 3.96. The van der Waals surface area contributed by atoms with Crippen molar-refractivity contribution in [3.8, 4) is 0 Å². The van der Waals surface area contributed by atoms with E-state index in [0.29, 0.717) is 0 Å². The van der Waals surface area contributed by atoms with Crippen LogP contribution in [0.4, 0.5) is 0 Å². The minimum atomic E-state index is -0.784. The maximum atomic E-state index is 11.0. The molecule has 1 aromatic heterocycles. The standard InChI is InChI=1S/C11H17NO2S/c1-7(2)10(11(13)14)12-8(3)9-5-4-6-15-9/h4-8,10,12H,1-3H3,(H,13,14). The van der Waals surface area contributed by atoms with Crippen LogP contribution in [-0.2, 0) is 4.79 Å². The molecular weight excluding hydrogens is 210 g/mol. The Hall–Kier alpha value is -0.870. The molecule has 0 bridgehead atoms. The Bertz CT molecular complexity index is 308. The van der Waals surface area contributed by atoms with Gasteiger partial charge in [-0.15, -0.1) is 11.3 Å². The van der Waals surface area contributed by atoms with Crippen LogP contribution in [0, 0.1) is 5.92 Å². The van der Waals surface area contributed by atoms with Gasteiger partial charge in [0.1, 0.15) is 6.04 Å². The first kappa shape index (κ1) is 12.2. The molecular formula is C11H17NO2S. The van der Waals surface area contributed by atoms with E-state index >= 15 is 0 Å². The normalized spacial score (nSPS) is 15.2. The van der Waals surface area contributed by atoms with Crippen LogP contribution in [-0.4, -0.2) is 17.1 Å². The average Bonchev–Trinajstić information content (AvgIpc) is 2.65. The Kier molecular flexibility index (Phi) is 4.29. The first-order chi connectivity index (χ1) is 7.02. The third kappa shape index (κ3) is 3.32. The zero-order valence-electron chi connectivity index (χ0n) is 9.23. The predicted molar refractivity (Wildman–Crippen MR) is 62.1 cm³/mol. The summed E-state index contributed by atoms with van der Waals surface area (Å²) in [6.07, 6.45) is 0. The molecule has 1 aromatic rings. The van der Waals surface area contributed by atoms with Crippen molar-refractivity contribution in [1.29, 1.82) is 0 Å². The molecule has 0 amide bonds. The average molecular weight is 227 g/mol. The molecule has 1 rings (SSSR count). The number of aliphatic carboxylic acids is 1. The van der Waals surface area contributed by atoms with Gasteiger partial charge in [-0.25, -0.2) is 0 Å². The minimum Gasteiger partial charge on any atom is -0.480 e. The molecule has 4 heteroatoms. The molecule has 84 valence electrons. The number of carbonyl (C=O) groups is 1. The lowest BCUT2D eigenvalue weighted by atomic mass is 10.0. The lowest BCUT2D eigenvalue weighted by Crippen LogP contribution is -2.41. The third-order valence-corrected chi connectivity index (χ3v) is 3.39. The van der Waals surface area contributed by atoms with Crippen LogP contribution >= 0.6 is 11.3 Å². The molecule has 0 saturated heterocycles. The van der Waals surface area contributed by atoms with E-state index in [-0.39, 0.29) is 12.0 Å². The highest BCUT2D eigenvalue weighted by molar-refractivity contribution is 7.10. The van der Waals surface area contributed by atoms with Gasteiger partial charge in [0.25, 0.3) is 0 Å². The predicted octanol–water partition coefficient (Wildman–Crippen LogP) is 2.51. The number of hydrogen-bond donors (Lipinski definition) is 2. The number of carboxylic acid groups (broad SMARTS) is 1. The van der Waals surface area contributed by atoms with Gasteiger partial charge < -0.3 is 5.11 Å². The lowest BCUT2D eigenvalue weighted by Gasteiger charge is -2.22. The van der Waals surface area contributed by atoms with Crippen molar-refractivity contribution in [3.63, 3.8) is 0 Å². The fourth-order valence-corrected chi connectivity index (χ4v) is 2.18. The topological polar surface area (TPSA) is 49.3 Å². The number of carboxylic acids is 1. The summed E-state index contributed by atoms with van der Waals surface area (Å²) in [6.45, 7) is 5.81. The van der Waals surface area contributed by atoms with E-state index in [1.165, 1.54) is 4.88 Å². The van der Waals surface area contributed by atoms with Gasteiger partial charge in [0.15, 0.2) is 0 Å². The van der Waals surface area contributed by atoms with E-state index in [9.17, 15) is 4.79 Å². The van der Waals surface area contributed by atoms with Crippen molar-refractivity contribution in [3.05, 3.63) is 22.4 Å². The van der Waals surface area contributed by atoms with Gasteiger partial charge in [-0.1, -0.05) is 19.9 Å². The molecule has 0 spiro atoms. The van der Waals surface area contributed by atoms with Crippen LogP contribution in [0.1, 0.15) is 31.7 Å². The maximum Gasteiger partial charge on any atom is 0.320 e. The van der Waals surface area contributed by atoms with Crippen LogP contribution in [0.5, 0.6) is 0 Å². The monoisotopic (exact) mass is 227 g/mol. The summed E-state index contributed by atoms with van der Waals surface area (Å²) >= 11 is 1.64. The fraction of sp³-hybridized carbons (Fsp3) is 0.545. The Balaban J connectivity index is 2.63. The molecule has 0 fully saturated rings. The summed E-state index contributed by atoms with van der Waals surface area (Å²) in [4.78, 5) is 12.2. The van der Waals surface area contributed by atoms with Gasteiger partial charge in [0, 0.05) is 10.9 Å². The van der Waals surface area contributed by atoms with E-state index in [4.69, 9.17) is 5.11 Å². The zero-order valence-corrected chi connectivity index (χ0v) is 10.0. The number of hydrogen-bond acceptors (Lipinski definition) is 3.